The van der Waals surface area contributed by atoms with Crippen molar-refractivity contribution in [3.63, 3.8) is 0 Å². The number of hydrogen-bond acceptors (Lipinski definition) is 4. The zero-order valence-electron chi connectivity index (χ0n) is 15.1. The maximum atomic E-state index is 13.2. The molecule has 1 atom stereocenters. The summed E-state index contributed by atoms with van der Waals surface area (Å²) in [6.07, 6.45) is 2.86. The van der Waals surface area contributed by atoms with Gasteiger partial charge < -0.3 is 15.0 Å². The van der Waals surface area contributed by atoms with Crippen LogP contribution in [0.5, 0.6) is 0 Å². The van der Waals surface area contributed by atoms with Gasteiger partial charge in [0.15, 0.2) is 0 Å². The van der Waals surface area contributed by atoms with Crippen LogP contribution in [0.2, 0.25) is 0 Å². The molecule has 1 spiro atoms. The van der Waals surface area contributed by atoms with Crippen LogP contribution in [0.15, 0.2) is 35.7 Å². The molecule has 1 N–H and O–H groups in total. The number of carbonyl (C=O) groups is 2. The van der Waals surface area contributed by atoms with Crippen molar-refractivity contribution in [2.24, 2.45) is 0 Å². The van der Waals surface area contributed by atoms with Crippen LogP contribution in [0.25, 0.3) is 0 Å². The van der Waals surface area contributed by atoms with Gasteiger partial charge in [0.05, 0.1) is 12.5 Å². The molecule has 5 nitrogen and oxygen atoms in total. The van der Waals surface area contributed by atoms with Crippen molar-refractivity contribution in [3.8, 4) is 0 Å². The number of fused-ring (bicyclic) bond motifs is 3. The molecule has 140 valence electrons. The maximum absolute atomic E-state index is 13.2. The number of rotatable bonds is 1. The van der Waals surface area contributed by atoms with Crippen LogP contribution >= 0.6 is 11.3 Å². The Bertz CT molecular complexity index is 898. The number of likely N-dealkylation sites (tertiary alicyclic amines) is 1. The van der Waals surface area contributed by atoms with Crippen molar-refractivity contribution in [1.82, 2.24) is 4.90 Å². The molecule has 0 aliphatic carbocycles. The van der Waals surface area contributed by atoms with Gasteiger partial charge in [0.1, 0.15) is 5.60 Å². The van der Waals surface area contributed by atoms with Gasteiger partial charge >= 0.3 is 0 Å². The Morgan fingerprint density at radius 1 is 1.22 bits per heavy atom. The van der Waals surface area contributed by atoms with Crippen molar-refractivity contribution in [1.29, 1.82) is 0 Å². The van der Waals surface area contributed by atoms with Gasteiger partial charge in [-0.3, -0.25) is 9.59 Å². The lowest BCUT2D eigenvalue weighted by Gasteiger charge is -2.44. The van der Waals surface area contributed by atoms with Gasteiger partial charge in [-0.15, -0.1) is 11.3 Å². The summed E-state index contributed by atoms with van der Waals surface area (Å²) in [7, 11) is 0. The van der Waals surface area contributed by atoms with E-state index in [0.29, 0.717) is 13.1 Å². The van der Waals surface area contributed by atoms with Gasteiger partial charge in [-0.1, -0.05) is 18.2 Å². The van der Waals surface area contributed by atoms with Gasteiger partial charge in [0, 0.05) is 30.1 Å². The maximum Gasteiger partial charge on any atom is 0.230 e. The van der Waals surface area contributed by atoms with Crippen LogP contribution in [-0.4, -0.2) is 36.4 Å². The number of piperidine rings is 1. The Balaban J connectivity index is 1.35. The lowest BCUT2D eigenvalue weighted by Crippen LogP contribution is -2.49. The molecule has 6 heteroatoms. The van der Waals surface area contributed by atoms with E-state index in [1.807, 2.05) is 29.2 Å². The summed E-state index contributed by atoms with van der Waals surface area (Å²) in [5.74, 6) is -0.401. The van der Waals surface area contributed by atoms with Crippen LogP contribution in [-0.2, 0) is 26.3 Å². The number of para-hydroxylation sites is 1. The highest BCUT2D eigenvalue weighted by Crippen LogP contribution is 2.45. The number of carbonyl (C=O) groups excluding carboxylic acids is 2. The lowest BCUT2D eigenvalue weighted by atomic mass is 9.84. The fraction of sp³-hybridized carbons (Fsp3) is 0.429. The molecule has 2 amide bonds. The van der Waals surface area contributed by atoms with Crippen LogP contribution in [0, 0.1) is 0 Å². The Morgan fingerprint density at radius 3 is 2.89 bits per heavy atom. The van der Waals surface area contributed by atoms with Gasteiger partial charge in [-0.05, 0) is 47.9 Å². The molecule has 0 radical (unpaired) electrons. The molecular formula is C21H22N2O3S. The number of nitrogens with zero attached hydrogens (tertiary/aromatic N) is 1. The highest BCUT2D eigenvalue weighted by Gasteiger charge is 2.44. The molecule has 1 fully saturated rings. The Labute approximate surface area is 162 Å². The van der Waals surface area contributed by atoms with Crippen molar-refractivity contribution >= 4 is 28.8 Å². The topological polar surface area (TPSA) is 58.6 Å². The van der Waals surface area contributed by atoms with E-state index >= 15 is 0 Å². The number of anilines is 1. The van der Waals surface area contributed by atoms with E-state index in [-0.39, 0.29) is 29.8 Å². The minimum Gasteiger partial charge on any atom is -0.369 e. The van der Waals surface area contributed by atoms with E-state index in [4.69, 9.17) is 4.74 Å². The van der Waals surface area contributed by atoms with E-state index in [1.54, 1.807) is 11.3 Å². The Morgan fingerprint density at radius 2 is 2.04 bits per heavy atom. The molecule has 3 aliphatic heterocycles. The quantitative estimate of drug-likeness (QED) is 0.824. The number of benzene rings is 1. The first-order valence-corrected chi connectivity index (χ1v) is 10.4. The minimum absolute atomic E-state index is 0.0642. The van der Waals surface area contributed by atoms with Gasteiger partial charge in [-0.25, -0.2) is 0 Å². The molecular weight excluding hydrogens is 360 g/mol. The van der Waals surface area contributed by atoms with Gasteiger partial charge in [0.25, 0.3) is 0 Å². The van der Waals surface area contributed by atoms with Crippen molar-refractivity contribution in [2.45, 2.75) is 37.2 Å². The van der Waals surface area contributed by atoms with E-state index in [0.717, 1.165) is 37.1 Å². The summed E-state index contributed by atoms with van der Waals surface area (Å²) in [5, 5.41) is 5.02. The molecule has 1 unspecified atom stereocenters. The number of hydrogen-bond donors (Lipinski definition) is 1. The van der Waals surface area contributed by atoms with E-state index < -0.39 is 0 Å². The molecule has 1 saturated heterocycles. The first-order chi connectivity index (χ1) is 13.2. The number of nitrogens with one attached hydrogen (secondary N) is 1. The van der Waals surface area contributed by atoms with Gasteiger partial charge in [0.2, 0.25) is 11.8 Å². The zero-order chi connectivity index (χ0) is 18.4. The second-order valence-corrected chi connectivity index (χ2v) is 8.50. The standard InChI is InChI=1S/C21H22N2O3S/c24-18-13-16(15-3-1-2-4-17(15)22-18)20(25)23-9-7-21(8-10-23)19-14(5-11-26-21)6-12-27-19/h1-4,6,12,16H,5,7-11,13H2,(H,22,24). The van der Waals surface area contributed by atoms with Crippen LogP contribution in [0.4, 0.5) is 5.69 Å². The fourth-order valence-electron chi connectivity index (χ4n) is 4.67. The third-order valence-corrected chi connectivity index (χ3v) is 7.23. The highest BCUT2D eigenvalue weighted by atomic mass is 32.1. The summed E-state index contributed by atoms with van der Waals surface area (Å²) >= 11 is 1.78. The summed E-state index contributed by atoms with van der Waals surface area (Å²) in [6, 6.07) is 9.84. The first kappa shape index (κ1) is 17.0. The van der Waals surface area contributed by atoms with Gasteiger partial charge in [-0.2, -0.15) is 0 Å². The predicted octanol–water partition coefficient (Wildman–Crippen LogP) is 3.26. The summed E-state index contributed by atoms with van der Waals surface area (Å²) < 4.78 is 6.25. The lowest BCUT2D eigenvalue weighted by molar-refractivity contribution is -0.143. The van der Waals surface area contributed by atoms with E-state index in [1.165, 1.54) is 10.4 Å². The normalized spacial score (nSPS) is 23.5. The largest absolute Gasteiger partial charge is 0.369 e. The molecule has 2 aromatic rings. The second kappa shape index (κ2) is 6.46. The molecule has 27 heavy (non-hydrogen) atoms. The van der Waals surface area contributed by atoms with Crippen LogP contribution < -0.4 is 5.32 Å². The molecule has 5 rings (SSSR count). The van der Waals surface area contributed by atoms with Crippen LogP contribution in [0.3, 0.4) is 0 Å². The summed E-state index contributed by atoms with van der Waals surface area (Å²) in [4.78, 5) is 28.6. The number of amides is 2. The molecule has 0 bridgehead atoms. The number of ether oxygens (including phenoxy) is 1. The molecule has 3 aliphatic rings. The monoisotopic (exact) mass is 382 g/mol. The third-order valence-electron chi connectivity index (χ3n) is 6.09. The average Bonchev–Trinajstić information content (AvgIpc) is 3.18. The Kier molecular flexibility index (Phi) is 4.06. The van der Waals surface area contributed by atoms with Crippen molar-refractivity contribution in [3.05, 3.63) is 51.7 Å². The highest BCUT2D eigenvalue weighted by molar-refractivity contribution is 7.10. The van der Waals surface area contributed by atoms with Crippen LogP contribution in [0.1, 0.15) is 41.2 Å². The Hall–Kier alpha value is -2.18. The zero-order valence-corrected chi connectivity index (χ0v) is 15.9. The average molecular weight is 382 g/mol. The second-order valence-electron chi connectivity index (χ2n) is 7.59. The molecule has 0 saturated carbocycles. The smallest absolute Gasteiger partial charge is 0.230 e. The van der Waals surface area contributed by atoms with E-state index in [9.17, 15) is 9.59 Å². The SMILES string of the molecule is O=C1CC(C(=O)N2CCC3(CC2)OCCc2ccsc23)c2ccccc2N1. The molecule has 1 aromatic carbocycles. The molecule has 1 aromatic heterocycles. The van der Waals surface area contributed by atoms with Crippen molar-refractivity contribution in [2.75, 3.05) is 25.0 Å². The number of thiophene rings is 1. The third kappa shape index (κ3) is 2.78. The molecule has 4 heterocycles. The fourth-order valence-corrected chi connectivity index (χ4v) is 5.83. The predicted molar refractivity (Wildman–Crippen MR) is 104 cm³/mol. The minimum atomic E-state index is -0.381. The summed E-state index contributed by atoms with van der Waals surface area (Å²) in [5.41, 5.74) is 2.88. The first-order valence-electron chi connectivity index (χ1n) is 9.55. The van der Waals surface area contributed by atoms with Crippen molar-refractivity contribution < 1.29 is 14.3 Å². The summed E-state index contributed by atoms with van der Waals surface area (Å²) in [6.45, 7) is 2.11. The van der Waals surface area contributed by atoms with E-state index in [2.05, 4.69) is 16.8 Å².